The maximum atomic E-state index is 6.13. The molecule has 1 aromatic carbocycles. The van der Waals surface area contributed by atoms with Gasteiger partial charge in [-0.15, -0.1) is 24.0 Å². The molecular formula is C22H34IN5O. The number of hydrogen-bond acceptors (Lipinski definition) is 3. The van der Waals surface area contributed by atoms with E-state index in [9.17, 15) is 0 Å². The number of aryl methyl sites for hydroxylation is 1. The number of guanidine groups is 1. The predicted octanol–water partition coefficient (Wildman–Crippen LogP) is 3.78. The lowest BCUT2D eigenvalue weighted by atomic mass is 9.89. The molecule has 0 amide bonds. The molecular weight excluding hydrogens is 477 g/mol. The smallest absolute Gasteiger partial charge is 0.190 e. The number of nitrogens with zero attached hydrogens (tertiary/aromatic N) is 3. The van der Waals surface area contributed by atoms with Gasteiger partial charge in [0.05, 0.1) is 6.10 Å². The first-order chi connectivity index (χ1) is 13.7. The monoisotopic (exact) mass is 511 g/mol. The topological polar surface area (TPSA) is 63.5 Å². The van der Waals surface area contributed by atoms with Gasteiger partial charge in [0.25, 0.3) is 0 Å². The quantitative estimate of drug-likeness (QED) is 0.338. The third-order valence-corrected chi connectivity index (χ3v) is 5.28. The molecule has 1 aliphatic rings. The second-order valence-corrected chi connectivity index (χ2v) is 7.77. The first-order valence-corrected chi connectivity index (χ1v) is 10.3. The Hall–Kier alpha value is -1.61. The summed E-state index contributed by atoms with van der Waals surface area (Å²) in [5.41, 5.74) is 2.55. The number of nitrogens with one attached hydrogen (secondary N) is 2. The largest absolute Gasteiger partial charge is 0.373 e. The summed E-state index contributed by atoms with van der Waals surface area (Å²) >= 11 is 0. The van der Waals surface area contributed by atoms with Gasteiger partial charge in [-0.05, 0) is 37.3 Å². The maximum absolute atomic E-state index is 6.13. The van der Waals surface area contributed by atoms with Crippen LogP contribution in [-0.4, -0.2) is 42.5 Å². The minimum absolute atomic E-state index is 0. The van der Waals surface area contributed by atoms with Crippen molar-refractivity contribution in [1.82, 2.24) is 20.4 Å². The summed E-state index contributed by atoms with van der Waals surface area (Å²) in [5.74, 6) is 1.74. The first-order valence-electron chi connectivity index (χ1n) is 10.3. The average molecular weight is 511 g/mol. The Labute approximate surface area is 191 Å². The van der Waals surface area contributed by atoms with Crippen molar-refractivity contribution >= 4 is 29.9 Å². The highest BCUT2D eigenvalue weighted by molar-refractivity contribution is 14.0. The highest BCUT2D eigenvalue weighted by atomic mass is 127. The minimum atomic E-state index is 0. The maximum Gasteiger partial charge on any atom is 0.190 e. The molecule has 6 nitrogen and oxygen atoms in total. The van der Waals surface area contributed by atoms with Gasteiger partial charge in [0.1, 0.15) is 0 Å². The number of halogens is 1. The molecule has 2 heterocycles. The average Bonchev–Trinajstić information content (AvgIpc) is 3.22. The van der Waals surface area contributed by atoms with Crippen LogP contribution < -0.4 is 10.6 Å². The Morgan fingerprint density at radius 1 is 1.31 bits per heavy atom. The van der Waals surface area contributed by atoms with Gasteiger partial charge >= 0.3 is 0 Å². The number of aromatic nitrogens is 2. The van der Waals surface area contributed by atoms with Gasteiger partial charge in [-0.2, -0.15) is 5.10 Å². The number of ether oxygens (including phenoxy) is 1. The van der Waals surface area contributed by atoms with Crippen LogP contribution in [0.3, 0.4) is 0 Å². The van der Waals surface area contributed by atoms with E-state index >= 15 is 0 Å². The Kier molecular flexibility index (Phi) is 9.93. The molecule has 7 heteroatoms. The van der Waals surface area contributed by atoms with Gasteiger partial charge < -0.3 is 15.4 Å². The van der Waals surface area contributed by atoms with Crippen LogP contribution in [0, 0.1) is 18.8 Å². The van der Waals surface area contributed by atoms with E-state index in [1.54, 1.807) is 0 Å². The van der Waals surface area contributed by atoms with Crippen LogP contribution in [0.1, 0.15) is 37.0 Å². The molecule has 2 N–H and O–H groups in total. The van der Waals surface area contributed by atoms with Crippen LogP contribution in [0.15, 0.2) is 47.7 Å². The zero-order valence-electron chi connectivity index (χ0n) is 17.7. The lowest BCUT2D eigenvalue weighted by Crippen LogP contribution is -2.43. The van der Waals surface area contributed by atoms with Crippen LogP contribution >= 0.6 is 24.0 Å². The number of aliphatic imine (C=N–C) groups is 1. The normalized spacial score (nSPS) is 20.6. The number of hydrogen-bond donors (Lipinski definition) is 2. The lowest BCUT2D eigenvalue weighted by Gasteiger charge is -2.32. The molecule has 0 radical (unpaired) electrons. The summed E-state index contributed by atoms with van der Waals surface area (Å²) in [6.45, 7) is 7.77. The first kappa shape index (κ1) is 23.7. The molecule has 1 aromatic heterocycles. The fourth-order valence-electron chi connectivity index (χ4n) is 3.69. The standard InChI is InChI=1S/C22H33N5O.HI/c1-17-7-9-19(10-8-17)21-20(6-4-13-28-21)15-25-22(23-3)24-14-18(2)16-27-12-5-11-26-27;/h5,7-12,18,20-21H,4,6,13-16H2,1-3H3,(H2,23,24,25);1H. The second kappa shape index (κ2) is 12.2. The van der Waals surface area contributed by atoms with Crippen LogP contribution in [-0.2, 0) is 11.3 Å². The molecule has 3 atom stereocenters. The fraction of sp³-hybridized carbons (Fsp3) is 0.545. The Morgan fingerprint density at radius 3 is 2.79 bits per heavy atom. The SMILES string of the molecule is CN=C(NCC(C)Cn1cccn1)NCC1CCCOC1c1ccc(C)cc1.I. The summed E-state index contributed by atoms with van der Waals surface area (Å²) in [4.78, 5) is 4.38. The highest BCUT2D eigenvalue weighted by Gasteiger charge is 2.27. The molecule has 0 bridgehead atoms. The van der Waals surface area contributed by atoms with Crippen molar-refractivity contribution in [3.8, 4) is 0 Å². The molecule has 3 rings (SSSR count). The van der Waals surface area contributed by atoms with Crippen molar-refractivity contribution in [1.29, 1.82) is 0 Å². The van der Waals surface area contributed by atoms with E-state index in [0.29, 0.717) is 11.8 Å². The van der Waals surface area contributed by atoms with E-state index in [0.717, 1.165) is 45.0 Å². The zero-order chi connectivity index (χ0) is 19.8. The third kappa shape index (κ3) is 7.29. The third-order valence-electron chi connectivity index (χ3n) is 5.28. The lowest BCUT2D eigenvalue weighted by molar-refractivity contribution is -0.0265. The summed E-state index contributed by atoms with van der Waals surface area (Å²) in [7, 11) is 1.82. The van der Waals surface area contributed by atoms with Crippen molar-refractivity contribution in [3.63, 3.8) is 0 Å². The molecule has 2 aromatic rings. The molecule has 0 saturated carbocycles. The van der Waals surface area contributed by atoms with Crippen molar-refractivity contribution in [2.24, 2.45) is 16.8 Å². The van der Waals surface area contributed by atoms with Crippen LogP contribution in [0.5, 0.6) is 0 Å². The Morgan fingerprint density at radius 2 is 2.10 bits per heavy atom. The summed E-state index contributed by atoms with van der Waals surface area (Å²) in [6, 6.07) is 10.7. The molecule has 0 aliphatic carbocycles. The van der Waals surface area contributed by atoms with E-state index in [4.69, 9.17) is 4.74 Å². The van der Waals surface area contributed by atoms with Crippen molar-refractivity contribution in [2.75, 3.05) is 26.7 Å². The molecule has 1 fully saturated rings. The fourth-order valence-corrected chi connectivity index (χ4v) is 3.69. The summed E-state index contributed by atoms with van der Waals surface area (Å²) in [6.07, 6.45) is 6.24. The Balaban J connectivity index is 0.00000300. The molecule has 1 saturated heterocycles. The van der Waals surface area contributed by atoms with Crippen LogP contribution in [0.2, 0.25) is 0 Å². The second-order valence-electron chi connectivity index (χ2n) is 7.77. The minimum Gasteiger partial charge on any atom is -0.373 e. The summed E-state index contributed by atoms with van der Waals surface area (Å²) in [5, 5.41) is 11.2. The zero-order valence-corrected chi connectivity index (χ0v) is 20.0. The van der Waals surface area contributed by atoms with Crippen molar-refractivity contribution < 1.29 is 4.74 Å². The predicted molar refractivity (Wildman–Crippen MR) is 129 cm³/mol. The van der Waals surface area contributed by atoms with Gasteiger partial charge in [-0.3, -0.25) is 9.67 Å². The van der Waals surface area contributed by atoms with Gasteiger partial charge in [-0.1, -0.05) is 36.8 Å². The number of rotatable bonds is 7. The van der Waals surface area contributed by atoms with Crippen molar-refractivity contribution in [3.05, 3.63) is 53.9 Å². The van der Waals surface area contributed by atoms with E-state index in [2.05, 4.69) is 58.8 Å². The van der Waals surface area contributed by atoms with Gasteiger partial charge in [0, 0.05) is 51.6 Å². The molecule has 1 aliphatic heterocycles. The van der Waals surface area contributed by atoms with Gasteiger partial charge in [0.2, 0.25) is 0 Å². The van der Waals surface area contributed by atoms with E-state index in [1.807, 2.05) is 30.2 Å². The number of benzene rings is 1. The summed E-state index contributed by atoms with van der Waals surface area (Å²) < 4.78 is 8.10. The van der Waals surface area contributed by atoms with E-state index < -0.39 is 0 Å². The van der Waals surface area contributed by atoms with Crippen molar-refractivity contribution in [2.45, 2.75) is 39.3 Å². The molecule has 29 heavy (non-hydrogen) atoms. The van der Waals surface area contributed by atoms with Crippen LogP contribution in [0.25, 0.3) is 0 Å². The van der Waals surface area contributed by atoms with E-state index in [1.165, 1.54) is 11.1 Å². The highest BCUT2D eigenvalue weighted by Crippen LogP contribution is 2.33. The molecule has 160 valence electrons. The van der Waals surface area contributed by atoms with E-state index in [-0.39, 0.29) is 30.1 Å². The molecule has 3 unspecified atom stereocenters. The van der Waals surface area contributed by atoms with Gasteiger partial charge in [0.15, 0.2) is 5.96 Å². The van der Waals surface area contributed by atoms with Gasteiger partial charge in [-0.25, -0.2) is 0 Å². The van der Waals surface area contributed by atoms with Crippen LogP contribution in [0.4, 0.5) is 0 Å². The Bertz CT molecular complexity index is 732. The molecule has 0 spiro atoms.